The number of ether oxygens (including phenoxy) is 1. The summed E-state index contributed by atoms with van der Waals surface area (Å²) in [6.07, 6.45) is 10.3. The van der Waals surface area contributed by atoms with E-state index in [0.717, 1.165) is 43.6 Å². The van der Waals surface area contributed by atoms with Crippen LogP contribution in [-0.4, -0.2) is 35.6 Å². The Bertz CT molecular complexity index is 634. The van der Waals surface area contributed by atoms with Gasteiger partial charge in [-0.05, 0) is 42.2 Å². The number of aromatic nitrogens is 1. The second-order valence-electron chi connectivity index (χ2n) is 6.13. The van der Waals surface area contributed by atoms with Gasteiger partial charge in [-0.25, -0.2) is 4.39 Å². The molecule has 0 radical (unpaired) electrons. The maximum absolute atomic E-state index is 12.9. The molecule has 2 aromatic rings. The van der Waals surface area contributed by atoms with Crippen molar-refractivity contribution in [3.8, 4) is 0 Å². The fourth-order valence-electron chi connectivity index (χ4n) is 2.87. The molecule has 4 heteroatoms. The molecule has 1 aliphatic heterocycles. The van der Waals surface area contributed by atoms with E-state index in [9.17, 15) is 4.39 Å². The number of hydrogen-bond acceptors (Lipinski definition) is 3. The molecule has 0 N–H and O–H groups in total. The number of likely N-dealkylation sites (tertiary alicyclic amines) is 1. The summed E-state index contributed by atoms with van der Waals surface area (Å²) < 4.78 is 18.8. The van der Waals surface area contributed by atoms with Crippen LogP contribution in [0.15, 0.2) is 54.9 Å². The standard InChI is InChI=1S/C20H23FN2O/c21-19-7-5-17(6-8-19)4-2-12-23-13-9-20(10-14-23)24-16-18-3-1-11-22-15-18/h1-8,11,15,20H,9-10,12-14,16H2. The first-order chi connectivity index (χ1) is 11.8. The van der Waals surface area contributed by atoms with Crippen LogP contribution in [0.3, 0.4) is 0 Å². The molecule has 0 amide bonds. The maximum atomic E-state index is 12.9. The van der Waals surface area contributed by atoms with Crippen molar-refractivity contribution in [3.63, 3.8) is 0 Å². The first kappa shape index (κ1) is 16.8. The fraction of sp³-hybridized carbons (Fsp3) is 0.350. The molecule has 1 aromatic heterocycles. The molecule has 3 rings (SSSR count). The minimum absolute atomic E-state index is 0.194. The van der Waals surface area contributed by atoms with Gasteiger partial charge in [0.15, 0.2) is 0 Å². The van der Waals surface area contributed by atoms with Gasteiger partial charge in [0, 0.05) is 32.0 Å². The van der Waals surface area contributed by atoms with Gasteiger partial charge in [-0.2, -0.15) is 0 Å². The summed E-state index contributed by atoms with van der Waals surface area (Å²) in [6.45, 7) is 3.66. The van der Waals surface area contributed by atoms with E-state index in [4.69, 9.17) is 4.74 Å². The third kappa shape index (κ3) is 5.25. The van der Waals surface area contributed by atoms with Crippen molar-refractivity contribution >= 4 is 6.08 Å². The Balaban J connectivity index is 1.36. The highest BCUT2D eigenvalue weighted by Crippen LogP contribution is 2.15. The largest absolute Gasteiger partial charge is 0.373 e. The molecule has 1 saturated heterocycles. The zero-order chi connectivity index (χ0) is 16.6. The van der Waals surface area contributed by atoms with E-state index >= 15 is 0 Å². The Morgan fingerprint density at radius 2 is 1.96 bits per heavy atom. The zero-order valence-corrected chi connectivity index (χ0v) is 13.8. The number of halogens is 1. The van der Waals surface area contributed by atoms with E-state index in [0.29, 0.717) is 12.7 Å². The molecule has 1 aliphatic rings. The van der Waals surface area contributed by atoms with E-state index in [1.807, 2.05) is 24.4 Å². The second kappa shape index (κ2) is 8.71. The normalized spacial score (nSPS) is 16.7. The second-order valence-corrected chi connectivity index (χ2v) is 6.13. The molecule has 0 aliphatic carbocycles. The summed E-state index contributed by atoms with van der Waals surface area (Å²) in [4.78, 5) is 6.53. The van der Waals surface area contributed by atoms with Crippen LogP contribution < -0.4 is 0 Å². The van der Waals surface area contributed by atoms with Crippen LogP contribution in [0.25, 0.3) is 6.08 Å². The van der Waals surface area contributed by atoms with Crippen LogP contribution in [0, 0.1) is 5.82 Å². The van der Waals surface area contributed by atoms with E-state index in [1.54, 1.807) is 18.3 Å². The summed E-state index contributed by atoms with van der Waals surface area (Å²) in [5.74, 6) is -0.194. The quantitative estimate of drug-likeness (QED) is 0.804. The average Bonchev–Trinajstić information content (AvgIpc) is 2.64. The molecule has 0 saturated carbocycles. The third-order valence-electron chi connectivity index (χ3n) is 4.29. The fourth-order valence-corrected chi connectivity index (χ4v) is 2.87. The number of rotatable bonds is 6. The average molecular weight is 326 g/mol. The van der Waals surface area contributed by atoms with Gasteiger partial charge in [-0.1, -0.05) is 30.4 Å². The first-order valence-corrected chi connectivity index (χ1v) is 8.44. The number of benzene rings is 1. The molecule has 1 aromatic carbocycles. The van der Waals surface area contributed by atoms with E-state index < -0.39 is 0 Å². The smallest absolute Gasteiger partial charge is 0.123 e. The lowest BCUT2D eigenvalue weighted by Crippen LogP contribution is -2.37. The minimum Gasteiger partial charge on any atom is -0.373 e. The lowest BCUT2D eigenvalue weighted by atomic mass is 10.1. The van der Waals surface area contributed by atoms with Gasteiger partial charge in [-0.3, -0.25) is 9.88 Å². The van der Waals surface area contributed by atoms with Crippen molar-refractivity contribution in [3.05, 3.63) is 71.8 Å². The first-order valence-electron chi connectivity index (χ1n) is 8.44. The van der Waals surface area contributed by atoms with Crippen molar-refractivity contribution in [1.29, 1.82) is 0 Å². The van der Waals surface area contributed by atoms with Gasteiger partial charge in [0.25, 0.3) is 0 Å². The number of pyridine rings is 1. The van der Waals surface area contributed by atoms with Crippen molar-refractivity contribution in [2.75, 3.05) is 19.6 Å². The summed E-state index contributed by atoms with van der Waals surface area (Å²) in [5, 5.41) is 0. The van der Waals surface area contributed by atoms with Gasteiger partial charge in [0.2, 0.25) is 0 Å². The van der Waals surface area contributed by atoms with E-state index in [1.165, 1.54) is 12.1 Å². The highest BCUT2D eigenvalue weighted by molar-refractivity contribution is 5.48. The Morgan fingerprint density at radius 1 is 1.17 bits per heavy atom. The van der Waals surface area contributed by atoms with Gasteiger partial charge in [0.05, 0.1) is 12.7 Å². The topological polar surface area (TPSA) is 25.4 Å². The predicted molar refractivity (Wildman–Crippen MR) is 93.9 cm³/mol. The van der Waals surface area contributed by atoms with Crippen LogP contribution in [-0.2, 0) is 11.3 Å². The van der Waals surface area contributed by atoms with Crippen molar-refractivity contribution in [2.45, 2.75) is 25.6 Å². The Morgan fingerprint density at radius 3 is 2.67 bits per heavy atom. The Kier molecular flexibility index (Phi) is 6.10. The van der Waals surface area contributed by atoms with Crippen LogP contribution in [0.5, 0.6) is 0 Å². The van der Waals surface area contributed by atoms with E-state index in [-0.39, 0.29) is 5.82 Å². The van der Waals surface area contributed by atoms with Gasteiger partial charge in [0.1, 0.15) is 5.82 Å². The lowest BCUT2D eigenvalue weighted by Gasteiger charge is -2.31. The van der Waals surface area contributed by atoms with Gasteiger partial charge in [-0.15, -0.1) is 0 Å². The van der Waals surface area contributed by atoms with Crippen LogP contribution in [0.1, 0.15) is 24.0 Å². The van der Waals surface area contributed by atoms with Crippen molar-refractivity contribution in [2.24, 2.45) is 0 Å². The van der Waals surface area contributed by atoms with Gasteiger partial charge >= 0.3 is 0 Å². The van der Waals surface area contributed by atoms with Crippen LogP contribution in [0.2, 0.25) is 0 Å². The lowest BCUT2D eigenvalue weighted by molar-refractivity contribution is -0.000436. The highest BCUT2D eigenvalue weighted by atomic mass is 19.1. The maximum Gasteiger partial charge on any atom is 0.123 e. The molecule has 0 spiro atoms. The van der Waals surface area contributed by atoms with Gasteiger partial charge < -0.3 is 4.74 Å². The predicted octanol–water partition coefficient (Wildman–Crippen LogP) is 3.92. The minimum atomic E-state index is -0.194. The summed E-state index contributed by atoms with van der Waals surface area (Å²) in [5.41, 5.74) is 2.16. The molecule has 1 fully saturated rings. The molecule has 24 heavy (non-hydrogen) atoms. The SMILES string of the molecule is Fc1ccc(C=CCN2CCC(OCc3cccnc3)CC2)cc1. The molecule has 0 atom stereocenters. The van der Waals surface area contributed by atoms with Crippen molar-refractivity contribution < 1.29 is 9.13 Å². The number of nitrogens with zero attached hydrogens (tertiary/aromatic N) is 2. The molecule has 3 nitrogen and oxygen atoms in total. The molecular formula is C20H23FN2O. The summed E-state index contributed by atoms with van der Waals surface area (Å²) >= 11 is 0. The summed E-state index contributed by atoms with van der Waals surface area (Å²) in [7, 11) is 0. The Labute approximate surface area is 142 Å². The molecule has 2 heterocycles. The highest BCUT2D eigenvalue weighted by Gasteiger charge is 2.18. The molecule has 0 bridgehead atoms. The zero-order valence-electron chi connectivity index (χ0n) is 13.8. The van der Waals surface area contributed by atoms with Crippen LogP contribution in [0.4, 0.5) is 4.39 Å². The summed E-state index contributed by atoms with van der Waals surface area (Å²) in [6, 6.07) is 10.6. The van der Waals surface area contributed by atoms with Crippen LogP contribution >= 0.6 is 0 Å². The molecule has 0 unspecified atom stereocenters. The van der Waals surface area contributed by atoms with E-state index in [2.05, 4.69) is 16.0 Å². The molecule has 126 valence electrons. The number of piperidine rings is 1. The third-order valence-corrected chi connectivity index (χ3v) is 4.29. The Hall–Kier alpha value is -2.04. The monoisotopic (exact) mass is 326 g/mol. The molecular weight excluding hydrogens is 303 g/mol. The van der Waals surface area contributed by atoms with Crippen molar-refractivity contribution in [1.82, 2.24) is 9.88 Å². The number of hydrogen-bond donors (Lipinski definition) is 0.